The third-order valence-electron chi connectivity index (χ3n) is 12.2. The van der Waals surface area contributed by atoms with Crippen LogP contribution in [0.3, 0.4) is 0 Å². The number of anilines is 2. The van der Waals surface area contributed by atoms with Crippen LogP contribution < -0.4 is 16.0 Å². The highest BCUT2D eigenvalue weighted by Crippen LogP contribution is 2.48. The van der Waals surface area contributed by atoms with Crippen LogP contribution in [0, 0.1) is 0 Å². The summed E-state index contributed by atoms with van der Waals surface area (Å²) >= 11 is 0. The van der Waals surface area contributed by atoms with E-state index >= 15 is 0 Å². The topological polar surface area (TPSA) is 53.4 Å². The zero-order chi connectivity index (χ0) is 39.6. The molecule has 5 nitrogen and oxygen atoms in total. The molecule has 3 N–H and O–H groups in total. The van der Waals surface area contributed by atoms with E-state index in [1.54, 1.807) is 0 Å². The lowest BCUT2D eigenvalue weighted by molar-refractivity contribution is 0.403. The molecule has 2 unspecified atom stereocenters. The third kappa shape index (κ3) is 5.55. The van der Waals surface area contributed by atoms with Crippen LogP contribution in [0.15, 0.2) is 211 Å². The van der Waals surface area contributed by atoms with Gasteiger partial charge in [0.15, 0.2) is 0 Å². The first-order valence-electron chi connectivity index (χ1n) is 20.6. The summed E-state index contributed by atoms with van der Waals surface area (Å²) in [6.07, 6.45) is -0.501. The maximum atomic E-state index is 5.59. The molecule has 0 radical (unpaired) electrons. The van der Waals surface area contributed by atoms with E-state index in [1.165, 1.54) is 59.4 Å². The van der Waals surface area contributed by atoms with Gasteiger partial charge in [-0.15, -0.1) is 0 Å². The summed E-state index contributed by atoms with van der Waals surface area (Å²) in [7, 11) is 0. The van der Waals surface area contributed by atoms with Gasteiger partial charge in [0.25, 0.3) is 0 Å². The fourth-order valence-electron chi connectivity index (χ4n) is 9.50. The van der Waals surface area contributed by atoms with Crippen molar-refractivity contribution in [1.82, 2.24) is 15.2 Å². The maximum absolute atomic E-state index is 5.59. The molecule has 11 aromatic rings. The van der Waals surface area contributed by atoms with Crippen molar-refractivity contribution in [2.45, 2.75) is 12.3 Å². The zero-order valence-electron chi connectivity index (χ0n) is 32.7. The van der Waals surface area contributed by atoms with Gasteiger partial charge in [0.1, 0.15) is 12.3 Å². The first-order valence-corrected chi connectivity index (χ1v) is 20.6. The number of benzene rings is 10. The molecule has 1 aliphatic heterocycles. The van der Waals surface area contributed by atoms with Crippen molar-refractivity contribution >= 4 is 82.2 Å². The van der Waals surface area contributed by atoms with Gasteiger partial charge in [-0.2, -0.15) is 0 Å². The molecular formula is C55H39N5. The summed E-state index contributed by atoms with van der Waals surface area (Å²) in [5, 5.41) is 23.6. The van der Waals surface area contributed by atoms with Crippen LogP contribution >= 0.6 is 0 Å². The minimum atomic E-state index is -0.306. The van der Waals surface area contributed by atoms with Crippen molar-refractivity contribution < 1.29 is 0 Å². The number of rotatable bonds is 5. The fraction of sp³-hybridized carbons (Fsp3) is 0.0364. The molecule has 0 amide bonds. The number of hydrogen-bond donors (Lipinski definition) is 3. The Morgan fingerprint density at radius 2 is 1.10 bits per heavy atom. The molecule has 2 atom stereocenters. The van der Waals surface area contributed by atoms with E-state index in [0.717, 1.165) is 45.1 Å². The summed E-state index contributed by atoms with van der Waals surface area (Å²) in [6.45, 7) is 0. The lowest BCUT2D eigenvalue weighted by Gasteiger charge is -2.33. The molecule has 1 aromatic heterocycles. The Morgan fingerprint density at radius 3 is 1.93 bits per heavy atom. The van der Waals surface area contributed by atoms with Gasteiger partial charge in [-0.25, -0.2) is 4.99 Å². The number of para-hydroxylation sites is 3. The molecule has 0 bridgehead atoms. The molecule has 284 valence electrons. The van der Waals surface area contributed by atoms with Crippen molar-refractivity contribution in [2.75, 3.05) is 5.32 Å². The molecule has 5 heteroatoms. The highest BCUT2D eigenvalue weighted by atomic mass is 15.4. The SMILES string of the molecule is c1ccc(Nc2ccccc2-c2cc3ccccc3c3c2c2ccccc2c2c3c3ccccc3n2C2=NC(c3ccc4ccccc4c3)NC(c3ccccc3)N2)cc1. The number of aliphatic imine (C=N–C) groups is 1. The Labute approximate surface area is 347 Å². The van der Waals surface area contributed by atoms with E-state index in [9.17, 15) is 0 Å². The van der Waals surface area contributed by atoms with Crippen molar-refractivity contribution in [3.05, 3.63) is 217 Å². The second kappa shape index (κ2) is 14.0. The minimum absolute atomic E-state index is 0.195. The Kier molecular flexibility index (Phi) is 8.00. The summed E-state index contributed by atoms with van der Waals surface area (Å²) < 4.78 is 2.39. The molecule has 0 aliphatic carbocycles. The lowest BCUT2D eigenvalue weighted by atomic mass is 9.87. The minimum Gasteiger partial charge on any atom is -0.355 e. The molecule has 1 aliphatic rings. The van der Waals surface area contributed by atoms with Gasteiger partial charge in [-0.05, 0) is 85.4 Å². The number of nitrogens with one attached hydrogen (secondary N) is 3. The van der Waals surface area contributed by atoms with E-state index in [0.29, 0.717) is 0 Å². The highest BCUT2D eigenvalue weighted by molar-refractivity contribution is 6.40. The molecule has 0 fully saturated rings. The largest absolute Gasteiger partial charge is 0.355 e. The Bertz CT molecular complexity index is 3480. The van der Waals surface area contributed by atoms with Crippen molar-refractivity contribution in [1.29, 1.82) is 0 Å². The Balaban J connectivity index is 1.18. The van der Waals surface area contributed by atoms with E-state index in [-0.39, 0.29) is 12.3 Å². The van der Waals surface area contributed by atoms with Gasteiger partial charge in [0, 0.05) is 38.5 Å². The second-order valence-corrected chi connectivity index (χ2v) is 15.7. The van der Waals surface area contributed by atoms with Gasteiger partial charge in [0.2, 0.25) is 5.96 Å². The lowest BCUT2D eigenvalue weighted by Crippen LogP contribution is -2.47. The standard InChI is InChI=1S/C55H39N5/c1-3-18-36(19-4-1)53-57-54(39-32-31-35-17-7-8-20-37(35)33-39)59-55(58-53)60-48-30-16-14-28-45(48)51-50-41-24-10-9-21-38(41)34-46(49(50)43-26-11-12-27-44(43)52(51)60)42-25-13-15-29-47(42)56-40-22-5-2-6-23-40/h1-34,53-54,56-57H,(H,58,59). The number of hydrogen-bond acceptors (Lipinski definition) is 4. The molecule has 0 saturated heterocycles. The van der Waals surface area contributed by atoms with Crippen LogP contribution in [0.2, 0.25) is 0 Å². The summed E-state index contributed by atoms with van der Waals surface area (Å²) in [5.74, 6) is 0.800. The van der Waals surface area contributed by atoms with Crippen molar-refractivity contribution in [3.8, 4) is 11.1 Å². The monoisotopic (exact) mass is 769 g/mol. The summed E-state index contributed by atoms with van der Waals surface area (Å²) in [4.78, 5) is 5.59. The second-order valence-electron chi connectivity index (χ2n) is 15.7. The fourth-order valence-corrected chi connectivity index (χ4v) is 9.50. The normalized spacial score (nSPS) is 15.5. The quantitative estimate of drug-likeness (QED) is 0.153. The van der Waals surface area contributed by atoms with Gasteiger partial charge in [0.05, 0.1) is 11.0 Å². The Morgan fingerprint density at radius 1 is 0.450 bits per heavy atom. The van der Waals surface area contributed by atoms with Crippen LogP contribution in [-0.4, -0.2) is 10.5 Å². The molecule has 0 saturated carbocycles. The van der Waals surface area contributed by atoms with E-state index in [4.69, 9.17) is 4.99 Å². The van der Waals surface area contributed by atoms with Crippen LogP contribution in [0.1, 0.15) is 23.5 Å². The third-order valence-corrected chi connectivity index (χ3v) is 12.2. The maximum Gasteiger partial charge on any atom is 0.206 e. The average Bonchev–Trinajstić information content (AvgIpc) is 3.67. The van der Waals surface area contributed by atoms with Gasteiger partial charge in [-0.1, -0.05) is 170 Å². The van der Waals surface area contributed by atoms with E-state index < -0.39 is 0 Å². The van der Waals surface area contributed by atoms with Crippen LogP contribution in [0.25, 0.3) is 76.0 Å². The highest BCUT2D eigenvalue weighted by Gasteiger charge is 2.30. The molecule has 12 rings (SSSR count). The van der Waals surface area contributed by atoms with Crippen LogP contribution in [-0.2, 0) is 0 Å². The molecule has 0 spiro atoms. The van der Waals surface area contributed by atoms with E-state index in [1.807, 2.05) is 0 Å². The predicted octanol–water partition coefficient (Wildman–Crippen LogP) is 13.6. The Hall–Kier alpha value is -7.73. The predicted molar refractivity (Wildman–Crippen MR) is 252 cm³/mol. The van der Waals surface area contributed by atoms with Crippen molar-refractivity contribution in [3.63, 3.8) is 0 Å². The summed E-state index contributed by atoms with van der Waals surface area (Å²) in [5.41, 5.74) is 8.95. The van der Waals surface area contributed by atoms with Gasteiger partial charge < -0.3 is 10.6 Å². The zero-order valence-corrected chi connectivity index (χ0v) is 32.7. The number of aromatic nitrogens is 1. The van der Waals surface area contributed by atoms with Crippen LogP contribution in [0.4, 0.5) is 11.4 Å². The first kappa shape index (κ1) is 34.3. The van der Waals surface area contributed by atoms with Crippen LogP contribution in [0.5, 0.6) is 0 Å². The molecular weight excluding hydrogens is 731 g/mol. The molecule has 10 aromatic carbocycles. The first-order chi connectivity index (χ1) is 29.8. The smallest absolute Gasteiger partial charge is 0.206 e. The van der Waals surface area contributed by atoms with Crippen molar-refractivity contribution in [2.24, 2.45) is 4.99 Å². The average molecular weight is 770 g/mol. The van der Waals surface area contributed by atoms with Gasteiger partial charge >= 0.3 is 0 Å². The number of nitrogens with zero attached hydrogens (tertiary/aromatic N) is 2. The molecule has 2 heterocycles. The molecule has 60 heavy (non-hydrogen) atoms. The van der Waals surface area contributed by atoms with E-state index in [2.05, 4.69) is 227 Å². The summed E-state index contributed by atoms with van der Waals surface area (Å²) in [6, 6.07) is 74.0. The number of fused-ring (bicyclic) bond motifs is 11. The van der Waals surface area contributed by atoms with Gasteiger partial charge in [-0.3, -0.25) is 9.88 Å².